The first-order valence-electron chi connectivity index (χ1n) is 6.26. The quantitative estimate of drug-likeness (QED) is 0.699. The summed E-state index contributed by atoms with van der Waals surface area (Å²) in [6.45, 7) is 6.78. The lowest BCUT2D eigenvalue weighted by atomic mass is 10.1. The Kier molecular flexibility index (Phi) is 5.99. The van der Waals surface area contributed by atoms with Crippen LogP contribution in [0.15, 0.2) is 12.1 Å². The number of ether oxygens (including phenoxy) is 2. The van der Waals surface area contributed by atoms with Crippen molar-refractivity contribution < 1.29 is 14.3 Å². The summed E-state index contributed by atoms with van der Waals surface area (Å²) < 4.78 is 10.9. The Balaban J connectivity index is 3.13. The molecule has 100 valence electrons. The summed E-state index contributed by atoms with van der Waals surface area (Å²) in [6, 6.07) is 3.33. The first-order valence-corrected chi connectivity index (χ1v) is 6.64. The van der Waals surface area contributed by atoms with Gasteiger partial charge in [0.1, 0.15) is 0 Å². The summed E-state index contributed by atoms with van der Waals surface area (Å²) in [7, 11) is 0. The van der Waals surface area contributed by atoms with E-state index in [4.69, 9.17) is 21.1 Å². The Labute approximate surface area is 113 Å². The topological polar surface area (TPSA) is 35.5 Å². The Morgan fingerprint density at radius 2 is 1.67 bits per heavy atom. The van der Waals surface area contributed by atoms with Crippen molar-refractivity contribution in [1.29, 1.82) is 0 Å². The molecule has 4 heteroatoms. The average Bonchev–Trinajstić information content (AvgIpc) is 2.33. The van der Waals surface area contributed by atoms with Gasteiger partial charge in [-0.15, -0.1) is 0 Å². The maximum absolute atomic E-state index is 11.9. The second kappa shape index (κ2) is 7.27. The Morgan fingerprint density at radius 3 is 2.17 bits per heavy atom. The van der Waals surface area contributed by atoms with Gasteiger partial charge in [-0.1, -0.05) is 18.5 Å². The smallest absolute Gasteiger partial charge is 0.164 e. The molecule has 18 heavy (non-hydrogen) atoms. The summed E-state index contributed by atoms with van der Waals surface area (Å²) in [6.07, 6.45) is 1.28. The van der Waals surface area contributed by atoms with Crippen LogP contribution in [0.25, 0.3) is 0 Å². The normalized spacial score (nSPS) is 10.2. The minimum Gasteiger partial charge on any atom is -0.490 e. The van der Waals surface area contributed by atoms with Gasteiger partial charge in [0.15, 0.2) is 17.3 Å². The number of hydrogen-bond donors (Lipinski definition) is 0. The lowest BCUT2D eigenvalue weighted by molar-refractivity contribution is 0.0981. The van der Waals surface area contributed by atoms with Crippen LogP contribution in [-0.4, -0.2) is 19.0 Å². The molecule has 0 unspecified atom stereocenters. The summed E-state index contributed by atoms with van der Waals surface area (Å²) in [4.78, 5) is 11.9. The molecule has 0 aliphatic rings. The SMILES string of the molecule is CCCC(=O)c1cc(OCC)c(OCC)cc1Cl. The minimum absolute atomic E-state index is 0.0338. The van der Waals surface area contributed by atoms with Crippen LogP contribution in [0.1, 0.15) is 44.0 Å². The molecule has 0 spiro atoms. The predicted molar refractivity (Wildman–Crippen MR) is 73.0 cm³/mol. The fraction of sp³-hybridized carbons (Fsp3) is 0.500. The van der Waals surface area contributed by atoms with E-state index >= 15 is 0 Å². The van der Waals surface area contributed by atoms with Crippen molar-refractivity contribution in [2.45, 2.75) is 33.6 Å². The number of rotatable bonds is 7. The Hall–Kier alpha value is -1.22. The van der Waals surface area contributed by atoms with Gasteiger partial charge in [0.2, 0.25) is 0 Å². The molecule has 1 aromatic carbocycles. The van der Waals surface area contributed by atoms with E-state index in [9.17, 15) is 4.79 Å². The van der Waals surface area contributed by atoms with Gasteiger partial charge in [-0.2, -0.15) is 0 Å². The number of carbonyl (C=O) groups excluding carboxylic acids is 1. The molecule has 0 heterocycles. The van der Waals surface area contributed by atoms with Crippen LogP contribution < -0.4 is 9.47 Å². The second-order valence-corrected chi connectivity index (χ2v) is 4.23. The molecule has 0 N–H and O–H groups in total. The van der Waals surface area contributed by atoms with Gasteiger partial charge in [0, 0.05) is 18.1 Å². The van der Waals surface area contributed by atoms with Gasteiger partial charge in [-0.3, -0.25) is 4.79 Å². The van der Waals surface area contributed by atoms with E-state index in [2.05, 4.69) is 0 Å². The van der Waals surface area contributed by atoms with E-state index < -0.39 is 0 Å². The molecule has 0 saturated heterocycles. The number of carbonyl (C=O) groups is 1. The van der Waals surface area contributed by atoms with Crippen molar-refractivity contribution in [1.82, 2.24) is 0 Å². The lowest BCUT2D eigenvalue weighted by Gasteiger charge is -2.13. The highest BCUT2D eigenvalue weighted by Crippen LogP contribution is 2.34. The van der Waals surface area contributed by atoms with Crippen LogP contribution in [0.5, 0.6) is 11.5 Å². The summed E-state index contributed by atoms with van der Waals surface area (Å²) >= 11 is 6.11. The summed E-state index contributed by atoms with van der Waals surface area (Å²) in [5.74, 6) is 1.19. The van der Waals surface area contributed by atoms with E-state index in [-0.39, 0.29) is 5.78 Å². The van der Waals surface area contributed by atoms with Crippen molar-refractivity contribution in [2.24, 2.45) is 0 Å². The van der Waals surface area contributed by atoms with Crippen molar-refractivity contribution >= 4 is 17.4 Å². The highest BCUT2D eigenvalue weighted by atomic mass is 35.5. The highest BCUT2D eigenvalue weighted by molar-refractivity contribution is 6.34. The maximum Gasteiger partial charge on any atom is 0.164 e. The molecule has 0 amide bonds. The minimum atomic E-state index is 0.0338. The van der Waals surface area contributed by atoms with E-state index in [1.807, 2.05) is 20.8 Å². The molecule has 3 nitrogen and oxygen atoms in total. The number of halogens is 1. The number of benzene rings is 1. The Bertz CT molecular complexity index is 416. The molecule has 0 fully saturated rings. The van der Waals surface area contributed by atoms with Gasteiger partial charge in [0.05, 0.1) is 18.2 Å². The molecule has 0 radical (unpaired) electrons. The standard InChI is InChI=1S/C14H19ClO3/c1-4-7-12(16)10-8-13(17-5-2)14(18-6-3)9-11(10)15/h8-9H,4-7H2,1-3H3. The van der Waals surface area contributed by atoms with Gasteiger partial charge in [0.25, 0.3) is 0 Å². The highest BCUT2D eigenvalue weighted by Gasteiger charge is 2.15. The second-order valence-electron chi connectivity index (χ2n) is 3.82. The van der Waals surface area contributed by atoms with Crippen molar-refractivity contribution in [3.8, 4) is 11.5 Å². The van der Waals surface area contributed by atoms with E-state index in [1.54, 1.807) is 12.1 Å². The number of ketones is 1. The van der Waals surface area contributed by atoms with Crippen LogP contribution in [-0.2, 0) is 0 Å². The van der Waals surface area contributed by atoms with Gasteiger partial charge in [-0.25, -0.2) is 0 Å². The van der Waals surface area contributed by atoms with Crippen molar-refractivity contribution in [2.75, 3.05) is 13.2 Å². The van der Waals surface area contributed by atoms with Crippen LogP contribution in [0.3, 0.4) is 0 Å². The fourth-order valence-electron chi connectivity index (χ4n) is 1.65. The summed E-state index contributed by atoms with van der Waals surface area (Å²) in [5.41, 5.74) is 0.505. The fourth-order valence-corrected chi connectivity index (χ4v) is 1.91. The number of Topliss-reactive ketones (excluding diaryl/α,β-unsaturated/α-hetero) is 1. The van der Waals surface area contributed by atoms with Gasteiger partial charge >= 0.3 is 0 Å². The third-order valence-electron chi connectivity index (χ3n) is 2.41. The first kappa shape index (κ1) is 14.8. The summed E-state index contributed by atoms with van der Waals surface area (Å²) in [5, 5.41) is 0.417. The van der Waals surface area contributed by atoms with E-state index in [1.165, 1.54) is 0 Å². The molecular formula is C14H19ClO3. The predicted octanol–water partition coefficient (Wildman–Crippen LogP) is 4.12. The third kappa shape index (κ3) is 3.64. The van der Waals surface area contributed by atoms with Crippen LogP contribution in [0, 0.1) is 0 Å². The zero-order chi connectivity index (χ0) is 13.5. The van der Waals surface area contributed by atoms with Gasteiger partial charge < -0.3 is 9.47 Å². The molecule has 1 rings (SSSR count). The monoisotopic (exact) mass is 270 g/mol. The zero-order valence-electron chi connectivity index (χ0n) is 11.1. The Morgan fingerprint density at radius 1 is 1.11 bits per heavy atom. The molecule has 0 aliphatic heterocycles. The largest absolute Gasteiger partial charge is 0.490 e. The molecule has 0 aliphatic carbocycles. The molecule has 1 aromatic rings. The van der Waals surface area contributed by atoms with Crippen LogP contribution >= 0.6 is 11.6 Å². The van der Waals surface area contributed by atoms with Crippen molar-refractivity contribution in [3.05, 3.63) is 22.7 Å². The van der Waals surface area contributed by atoms with E-state index in [0.29, 0.717) is 41.7 Å². The van der Waals surface area contributed by atoms with Crippen LogP contribution in [0.2, 0.25) is 5.02 Å². The first-order chi connectivity index (χ1) is 8.63. The molecule has 0 saturated carbocycles. The molecule has 0 atom stereocenters. The van der Waals surface area contributed by atoms with Crippen LogP contribution in [0.4, 0.5) is 0 Å². The molecule has 0 bridgehead atoms. The average molecular weight is 271 g/mol. The van der Waals surface area contributed by atoms with Gasteiger partial charge in [-0.05, 0) is 26.3 Å². The van der Waals surface area contributed by atoms with Crippen molar-refractivity contribution in [3.63, 3.8) is 0 Å². The third-order valence-corrected chi connectivity index (χ3v) is 2.72. The number of hydrogen-bond acceptors (Lipinski definition) is 3. The lowest BCUT2D eigenvalue weighted by Crippen LogP contribution is -2.04. The maximum atomic E-state index is 11.9. The zero-order valence-corrected chi connectivity index (χ0v) is 11.8. The van der Waals surface area contributed by atoms with E-state index in [0.717, 1.165) is 6.42 Å². The molecule has 0 aromatic heterocycles. The molecular weight excluding hydrogens is 252 g/mol.